The Morgan fingerprint density at radius 1 is 1.47 bits per heavy atom. The normalized spacial score (nSPS) is 25.8. The number of hydrogen-bond acceptors (Lipinski definition) is 3. The molecule has 4 nitrogen and oxygen atoms in total. The summed E-state index contributed by atoms with van der Waals surface area (Å²) in [5, 5.41) is 0. The summed E-state index contributed by atoms with van der Waals surface area (Å²) in [6.07, 6.45) is 3.40. The van der Waals surface area contributed by atoms with E-state index < -0.39 is 11.7 Å². The van der Waals surface area contributed by atoms with Crippen LogP contribution in [0.2, 0.25) is 0 Å². The largest absolute Gasteiger partial charge is 0.444 e. The lowest BCUT2D eigenvalue weighted by Gasteiger charge is -2.27. The number of carbonyl (C=O) groups is 1. The van der Waals surface area contributed by atoms with Crippen molar-refractivity contribution in [1.82, 2.24) is 0 Å². The summed E-state index contributed by atoms with van der Waals surface area (Å²) in [5.41, 5.74) is 10.3. The van der Waals surface area contributed by atoms with Crippen molar-refractivity contribution in [2.75, 3.05) is 0 Å². The Balaban J connectivity index is 0.00000196. The molecule has 1 fully saturated rings. The summed E-state index contributed by atoms with van der Waals surface area (Å²) in [4.78, 5) is 10.6. The molecule has 15 heavy (non-hydrogen) atoms. The van der Waals surface area contributed by atoms with Gasteiger partial charge < -0.3 is 16.2 Å². The fourth-order valence-electron chi connectivity index (χ4n) is 2.31. The van der Waals surface area contributed by atoms with Crippen LogP contribution in [0.25, 0.3) is 0 Å². The fraction of sp³-hybridized carbons (Fsp3) is 0.900. The van der Waals surface area contributed by atoms with Crippen molar-refractivity contribution in [1.29, 1.82) is 0 Å². The minimum Gasteiger partial charge on any atom is -0.444 e. The van der Waals surface area contributed by atoms with E-state index in [4.69, 9.17) is 16.2 Å². The van der Waals surface area contributed by atoms with Gasteiger partial charge in [0.15, 0.2) is 0 Å². The Morgan fingerprint density at radius 2 is 2.07 bits per heavy atom. The lowest BCUT2D eigenvalue weighted by Crippen LogP contribution is -2.33. The highest BCUT2D eigenvalue weighted by Crippen LogP contribution is 2.32. The predicted octanol–water partition coefficient (Wildman–Crippen LogP) is 1.80. The smallest absolute Gasteiger partial charge is 0.405 e. The molecule has 0 saturated heterocycles. The van der Waals surface area contributed by atoms with Crippen LogP contribution in [0.1, 0.15) is 39.5 Å². The summed E-state index contributed by atoms with van der Waals surface area (Å²) in [6.45, 7) is 3.78. The number of nitrogens with two attached hydrogens (primary N) is 2. The molecule has 0 aliphatic heterocycles. The van der Waals surface area contributed by atoms with Gasteiger partial charge in [-0.15, -0.1) is 12.4 Å². The number of primary amides is 1. The van der Waals surface area contributed by atoms with Gasteiger partial charge in [0.25, 0.3) is 0 Å². The highest BCUT2D eigenvalue weighted by Gasteiger charge is 2.30. The first-order valence-electron chi connectivity index (χ1n) is 5.13. The van der Waals surface area contributed by atoms with Crippen LogP contribution in [0.15, 0.2) is 0 Å². The van der Waals surface area contributed by atoms with Gasteiger partial charge in [0, 0.05) is 6.04 Å². The number of halogens is 1. The molecule has 0 aromatic rings. The summed E-state index contributed by atoms with van der Waals surface area (Å²) < 4.78 is 5.03. The fourth-order valence-corrected chi connectivity index (χ4v) is 2.31. The average Bonchev–Trinajstić information content (AvgIpc) is 2.30. The molecule has 1 amide bonds. The topological polar surface area (TPSA) is 78.3 Å². The van der Waals surface area contributed by atoms with E-state index >= 15 is 0 Å². The van der Waals surface area contributed by atoms with E-state index in [1.165, 1.54) is 0 Å². The van der Waals surface area contributed by atoms with Gasteiger partial charge in [-0.05, 0) is 45.4 Å². The summed E-state index contributed by atoms with van der Waals surface area (Å²) in [7, 11) is 0. The summed E-state index contributed by atoms with van der Waals surface area (Å²) in [5.74, 6) is 0.569. The molecule has 2 atom stereocenters. The maximum Gasteiger partial charge on any atom is 0.405 e. The van der Waals surface area contributed by atoms with Crippen LogP contribution in [0, 0.1) is 5.92 Å². The van der Waals surface area contributed by atoms with E-state index in [1.54, 1.807) is 0 Å². The first-order valence-corrected chi connectivity index (χ1v) is 5.13. The van der Waals surface area contributed by atoms with Crippen LogP contribution in [-0.2, 0) is 4.74 Å². The van der Waals surface area contributed by atoms with Crippen molar-refractivity contribution in [3.05, 3.63) is 0 Å². The highest BCUT2D eigenvalue weighted by atomic mass is 35.5. The van der Waals surface area contributed by atoms with Crippen LogP contribution in [0.4, 0.5) is 4.79 Å². The molecule has 5 heteroatoms. The first kappa shape index (κ1) is 14.5. The number of amides is 1. The van der Waals surface area contributed by atoms with Gasteiger partial charge in [0.1, 0.15) is 5.60 Å². The van der Waals surface area contributed by atoms with Crippen LogP contribution in [-0.4, -0.2) is 17.7 Å². The standard InChI is InChI=1S/C10H20N2O2.ClH/c1-10(2,14-9(12)13)6-7-3-4-8(11)5-7;/h7-8H,3-6,11H2,1-2H3,(H2,12,13);1H. The lowest BCUT2D eigenvalue weighted by atomic mass is 9.92. The van der Waals surface area contributed by atoms with Crippen molar-refractivity contribution < 1.29 is 9.53 Å². The van der Waals surface area contributed by atoms with Crippen molar-refractivity contribution in [2.24, 2.45) is 17.4 Å². The van der Waals surface area contributed by atoms with E-state index in [-0.39, 0.29) is 12.4 Å². The van der Waals surface area contributed by atoms with Crippen LogP contribution < -0.4 is 11.5 Å². The SMILES string of the molecule is CC(C)(CC1CCC(N)C1)OC(N)=O.Cl. The van der Waals surface area contributed by atoms with E-state index in [0.717, 1.165) is 25.7 Å². The van der Waals surface area contributed by atoms with Gasteiger partial charge in [-0.3, -0.25) is 0 Å². The van der Waals surface area contributed by atoms with Gasteiger partial charge in [-0.25, -0.2) is 4.79 Å². The zero-order valence-electron chi connectivity index (χ0n) is 9.36. The quantitative estimate of drug-likeness (QED) is 0.784. The summed E-state index contributed by atoms with van der Waals surface area (Å²) >= 11 is 0. The molecule has 0 spiro atoms. The van der Waals surface area contributed by atoms with Gasteiger partial charge >= 0.3 is 6.09 Å². The number of hydrogen-bond donors (Lipinski definition) is 2. The Hall–Kier alpha value is -0.480. The number of rotatable bonds is 3. The molecule has 4 N–H and O–H groups in total. The molecule has 1 saturated carbocycles. The lowest BCUT2D eigenvalue weighted by molar-refractivity contribution is 0.0270. The zero-order chi connectivity index (χ0) is 10.8. The monoisotopic (exact) mass is 236 g/mol. The second kappa shape index (κ2) is 5.56. The highest BCUT2D eigenvalue weighted by molar-refractivity contribution is 5.85. The molecular formula is C10H21ClN2O2. The van der Waals surface area contributed by atoms with Crippen molar-refractivity contribution >= 4 is 18.5 Å². The van der Waals surface area contributed by atoms with E-state index in [1.807, 2.05) is 13.8 Å². The third-order valence-electron chi connectivity index (χ3n) is 2.74. The Bertz CT molecular complexity index is 221. The van der Waals surface area contributed by atoms with Gasteiger partial charge in [-0.1, -0.05) is 0 Å². The molecule has 2 unspecified atom stereocenters. The average molecular weight is 237 g/mol. The van der Waals surface area contributed by atoms with Crippen LogP contribution in [0.5, 0.6) is 0 Å². The molecule has 1 aliphatic rings. The maximum absolute atomic E-state index is 10.6. The summed E-state index contributed by atoms with van der Waals surface area (Å²) in [6, 6.07) is 0.323. The minimum atomic E-state index is -0.697. The predicted molar refractivity (Wildman–Crippen MR) is 61.9 cm³/mol. The molecule has 90 valence electrons. The van der Waals surface area contributed by atoms with Crippen molar-refractivity contribution in [3.8, 4) is 0 Å². The van der Waals surface area contributed by atoms with Crippen LogP contribution in [0.3, 0.4) is 0 Å². The van der Waals surface area contributed by atoms with Crippen molar-refractivity contribution in [3.63, 3.8) is 0 Å². The minimum absolute atomic E-state index is 0. The second-order valence-electron chi connectivity index (χ2n) is 4.82. The van der Waals surface area contributed by atoms with E-state index in [9.17, 15) is 4.79 Å². The molecule has 1 aliphatic carbocycles. The zero-order valence-corrected chi connectivity index (χ0v) is 10.2. The molecule has 0 bridgehead atoms. The maximum atomic E-state index is 10.6. The van der Waals surface area contributed by atoms with Gasteiger partial charge in [-0.2, -0.15) is 0 Å². The Morgan fingerprint density at radius 3 is 2.47 bits per heavy atom. The molecule has 0 radical (unpaired) electrons. The van der Waals surface area contributed by atoms with Gasteiger partial charge in [0.05, 0.1) is 0 Å². The first-order chi connectivity index (χ1) is 6.39. The third kappa shape index (κ3) is 5.23. The molecule has 1 rings (SSSR count). The Labute approximate surface area is 97.1 Å². The Kier molecular flexibility index (Phi) is 5.38. The van der Waals surface area contributed by atoms with E-state index in [2.05, 4.69) is 0 Å². The van der Waals surface area contributed by atoms with Crippen molar-refractivity contribution in [2.45, 2.75) is 51.2 Å². The van der Waals surface area contributed by atoms with Gasteiger partial charge in [0.2, 0.25) is 0 Å². The molecule has 0 aromatic carbocycles. The molecular weight excluding hydrogens is 216 g/mol. The van der Waals surface area contributed by atoms with E-state index in [0.29, 0.717) is 12.0 Å². The van der Waals surface area contributed by atoms with Crippen LogP contribution >= 0.6 is 12.4 Å². The molecule has 0 heterocycles. The second-order valence-corrected chi connectivity index (χ2v) is 4.82. The number of ether oxygens (including phenoxy) is 1. The third-order valence-corrected chi connectivity index (χ3v) is 2.74. The number of carbonyl (C=O) groups excluding carboxylic acids is 1. The molecule has 0 aromatic heterocycles.